The summed E-state index contributed by atoms with van der Waals surface area (Å²) in [5.74, 6) is 2.09. The second-order valence-electron chi connectivity index (χ2n) is 10.1. The zero-order valence-electron chi connectivity index (χ0n) is 24.5. The molecule has 8 nitrogen and oxygen atoms in total. The van der Waals surface area contributed by atoms with Crippen LogP contribution < -0.4 is 22.6 Å². The largest absolute Gasteiger partial charge is 0.647 e. The molecule has 1 atom stereocenters. The van der Waals surface area contributed by atoms with E-state index in [1.807, 2.05) is 48.6 Å². The van der Waals surface area contributed by atoms with Crippen LogP contribution in [0.25, 0.3) is 0 Å². The first-order valence-corrected chi connectivity index (χ1v) is 17.4. The first kappa shape index (κ1) is 30.8. The Bertz CT molecular complexity index is 1770. The van der Waals surface area contributed by atoms with Gasteiger partial charge in [0.15, 0.2) is 0 Å². The summed E-state index contributed by atoms with van der Waals surface area (Å²) in [6.45, 7) is 0. The van der Waals surface area contributed by atoms with Crippen LogP contribution in [0.4, 0.5) is 0 Å². The van der Waals surface area contributed by atoms with E-state index in [2.05, 4.69) is 0 Å². The average Bonchev–Trinajstić information content (AvgIpc) is 3.07. The van der Waals surface area contributed by atoms with E-state index < -0.39 is 15.6 Å². The number of para-hydroxylation sites is 4. The van der Waals surface area contributed by atoms with E-state index in [1.54, 1.807) is 115 Å². The van der Waals surface area contributed by atoms with Gasteiger partial charge in [-0.05, 0) is 84.8 Å². The molecule has 0 bridgehead atoms. The molecule has 0 fully saturated rings. The van der Waals surface area contributed by atoms with Crippen molar-refractivity contribution in [3.8, 4) is 28.7 Å². The molecule has 0 aromatic heterocycles. The van der Waals surface area contributed by atoms with E-state index in [9.17, 15) is 9.13 Å². The van der Waals surface area contributed by atoms with Gasteiger partial charge in [0.2, 0.25) is 0 Å². The second kappa shape index (κ2) is 14.3. The monoisotopic (exact) mass is 652 g/mol. The van der Waals surface area contributed by atoms with Crippen molar-refractivity contribution in [1.29, 1.82) is 0 Å². The number of hydrogen-bond acceptors (Lipinski definition) is 8. The van der Waals surface area contributed by atoms with Crippen molar-refractivity contribution in [2.45, 2.75) is 12.3 Å². The zero-order valence-corrected chi connectivity index (χ0v) is 26.3. The molecule has 0 saturated heterocycles. The number of benzene rings is 5. The van der Waals surface area contributed by atoms with Crippen molar-refractivity contribution in [3.63, 3.8) is 0 Å². The minimum absolute atomic E-state index is 0.00110. The van der Waals surface area contributed by atoms with Crippen LogP contribution in [0.5, 0.6) is 28.7 Å². The highest BCUT2D eigenvalue weighted by atomic mass is 31.2. The highest BCUT2D eigenvalue weighted by Gasteiger charge is 2.35. The summed E-state index contributed by atoms with van der Waals surface area (Å²) < 4.78 is 62.1. The Morgan fingerprint density at radius 3 is 1.13 bits per heavy atom. The molecular formula is C36H30O8P2. The quantitative estimate of drug-likeness (QED) is 0.116. The highest BCUT2D eigenvalue weighted by Crippen LogP contribution is 2.52. The molecule has 10 heteroatoms. The molecule has 232 valence electrons. The van der Waals surface area contributed by atoms with Crippen LogP contribution in [0.1, 0.15) is 17.9 Å². The van der Waals surface area contributed by atoms with Crippen LogP contribution in [0.15, 0.2) is 170 Å². The van der Waals surface area contributed by atoms with Gasteiger partial charge >= 0.3 is 15.6 Å². The van der Waals surface area contributed by atoms with Gasteiger partial charge in [-0.2, -0.15) is 9.13 Å². The minimum Gasteiger partial charge on any atom is -0.386 e. The van der Waals surface area contributed by atoms with E-state index in [0.717, 1.165) is 5.56 Å². The number of phosphoric ester groups is 2. The average molecular weight is 653 g/mol. The molecule has 1 unspecified atom stereocenters. The van der Waals surface area contributed by atoms with Gasteiger partial charge in [-0.25, -0.2) is 0 Å². The topological polar surface area (TPSA) is 89.5 Å². The van der Waals surface area contributed by atoms with Crippen molar-refractivity contribution in [2.75, 3.05) is 0 Å². The standard InChI is InChI=1S/C36H30O8P2/c37-45(39-31-13-5-1-6-14-31,40-32-15-7-2-8-16-32)43-35-25-21-29(22-26-35)30-23-27-36(28-24-30)44-46(38,41-33-17-9-3-10-18-33)42-34-19-11-4-12-20-34/h1-23,25-28,30H,24H2. The predicted molar refractivity (Wildman–Crippen MR) is 176 cm³/mol. The summed E-state index contributed by atoms with van der Waals surface area (Å²) in [4.78, 5) is 0. The molecule has 0 spiro atoms. The highest BCUT2D eigenvalue weighted by molar-refractivity contribution is 7.50. The van der Waals surface area contributed by atoms with Gasteiger partial charge in [0.1, 0.15) is 34.5 Å². The zero-order chi connectivity index (χ0) is 31.7. The van der Waals surface area contributed by atoms with E-state index >= 15 is 0 Å². The first-order valence-electron chi connectivity index (χ1n) is 14.5. The molecule has 0 aliphatic heterocycles. The third kappa shape index (κ3) is 8.51. The summed E-state index contributed by atoms with van der Waals surface area (Å²) in [7, 11) is -8.19. The van der Waals surface area contributed by atoms with Crippen molar-refractivity contribution >= 4 is 15.6 Å². The van der Waals surface area contributed by atoms with Crippen LogP contribution in [0.2, 0.25) is 0 Å². The van der Waals surface area contributed by atoms with Gasteiger partial charge in [-0.15, -0.1) is 0 Å². The molecule has 1 aliphatic rings. The fraction of sp³-hybridized carbons (Fsp3) is 0.0556. The Morgan fingerprint density at radius 1 is 0.435 bits per heavy atom. The van der Waals surface area contributed by atoms with E-state index in [0.29, 0.717) is 40.9 Å². The molecule has 5 aromatic rings. The fourth-order valence-electron chi connectivity index (χ4n) is 4.50. The summed E-state index contributed by atoms with van der Waals surface area (Å²) in [6, 6.07) is 42.1. The lowest BCUT2D eigenvalue weighted by Crippen LogP contribution is -2.08. The lowest BCUT2D eigenvalue weighted by atomic mass is 9.92. The third-order valence-electron chi connectivity index (χ3n) is 6.65. The van der Waals surface area contributed by atoms with Crippen LogP contribution in [0, 0.1) is 0 Å². The van der Waals surface area contributed by atoms with Crippen molar-refractivity contribution in [3.05, 3.63) is 175 Å². The Kier molecular flexibility index (Phi) is 9.59. The molecule has 0 radical (unpaired) electrons. The van der Waals surface area contributed by atoms with Crippen molar-refractivity contribution in [2.24, 2.45) is 0 Å². The molecule has 0 N–H and O–H groups in total. The van der Waals surface area contributed by atoms with E-state index in [4.69, 9.17) is 27.1 Å². The summed E-state index contributed by atoms with van der Waals surface area (Å²) in [6.07, 6.45) is 6.08. The van der Waals surface area contributed by atoms with Crippen LogP contribution in [-0.2, 0) is 13.7 Å². The van der Waals surface area contributed by atoms with Gasteiger partial charge < -0.3 is 27.1 Å². The summed E-state index contributed by atoms with van der Waals surface area (Å²) in [5.41, 5.74) is 0.978. The lowest BCUT2D eigenvalue weighted by molar-refractivity contribution is 0.261. The number of hydrogen-bond donors (Lipinski definition) is 0. The predicted octanol–water partition coefficient (Wildman–Crippen LogP) is 10.5. The Hall–Kier alpha value is -5.16. The molecule has 0 amide bonds. The Balaban J connectivity index is 1.13. The van der Waals surface area contributed by atoms with Gasteiger partial charge in [0, 0.05) is 5.92 Å². The molecule has 46 heavy (non-hydrogen) atoms. The summed E-state index contributed by atoms with van der Waals surface area (Å²) >= 11 is 0. The van der Waals surface area contributed by atoms with Crippen LogP contribution in [0.3, 0.4) is 0 Å². The Morgan fingerprint density at radius 2 is 0.783 bits per heavy atom. The SMILES string of the molecule is O=P(OC1=CCC(c2ccc(OP(=O)(Oc3ccccc3)Oc3ccccc3)cc2)C=C1)(Oc1ccccc1)Oc1ccccc1. The molecule has 1 aliphatic carbocycles. The normalized spacial score (nSPS) is 14.4. The van der Waals surface area contributed by atoms with Gasteiger partial charge in [0.25, 0.3) is 0 Å². The maximum atomic E-state index is 13.8. The number of rotatable bonds is 13. The molecule has 0 saturated carbocycles. The minimum atomic E-state index is -4.10. The molecule has 5 aromatic carbocycles. The van der Waals surface area contributed by atoms with Crippen molar-refractivity contribution < 1.29 is 36.3 Å². The smallest absolute Gasteiger partial charge is 0.386 e. The first-order chi connectivity index (χ1) is 22.4. The third-order valence-corrected chi connectivity index (χ3v) is 9.26. The number of phosphoric acid groups is 2. The number of allylic oxidation sites excluding steroid dienone is 3. The van der Waals surface area contributed by atoms with Gasteiger partial charge in [0.05, 0.1) is 0 Å². The van der Waals surface area contributed by atoms with E-state index in [1.165, 1.54) is 0 Å². The lowest BCUT2D eigenvalue weighted by Gasteiger charge is -2.22. The van der Waals surface area contributed by atoms with Gasteiger partial charge in [-0.1, -0.05) is 91.0 Å². The molecule has 6 rings (SSSR count). The Labute approximate surface area is 267 Å². The fourth-order valence-corrected chi connectivity index (χ4v) is 7.02. The second-order valence-corrected chi connectivity index (χ2v) is 13.0. The molecule has 0 heterocycles. The maximum Gasteiger partial charge on any atom is 0.647 e. The van der Waals surface area contributed by atoms with Crippen LogP contribution in [-0.4, -0.2) is 0 Å². The summed E-state index contributed by atoms with van der Waals surface area (Å²) in [5, 5.41) is 0. The van der Waals surface area contributed by atoms with Crippen LogP contribution >= 0.6 is 15.6 Å². The van der Waals surface area contributed by atoms with Crippen molar-refractivity contribution in [1.82, 2.24) is 0 Å². The maximum absolute atomic E-state index is 13.8. The molecular weight excluding hydrogens is 622 g/mol. The van der Waals surface area contributed by atoms with E-state index in [-0.39, 0.29) is 5.92 Å². The van der Waals surface area contributed by atoms with Gasteiger partial charge in [-0.3, -0.25) is 0 Å².